The quantitative estimate of drug-likeness (QED) is 0.444. The summed E-state index contributed by atoms with van der Waals surface area (Å²) < 4.78 is 9.97. The van der Waals surface area contributed by atoms with Crippen molar-refractivity contribution in [2.24, 2.45) is 7.05 Å². The van der Waals surface area contributed by atoms with Gasteiger partial charge < -0.3 is 9.64 Å². The lowest BCUT2D eigenvalue weighted by atomic mass is 10.1. The molecule has 0 spiro atoms. The van der Waals surface area contributed by atoms with E-state index in [1.54, 1.807) is 7.11 Å². The molecule has 4 nitrogen and oxygen atoms in total. The van der Waals surface area contributed by atoms with Crippen LogP contribution in [0.15, 0.2) is 66.7 Å². The van der Waals surface area contributed by atoms with Crippen LogP contribution in [0.25, 0.3) is 33.4 Å². The SMILES string of the molecule is COc1ccc2c3/c(=C\c4ccc(N(C)C)cc4)c4ccccc4n3[n+](C)c2c1. The van der Waals surface area contributed by atoms with Crippen molar-refractivity contribution in [3.8, 4) is 5.75 Å². The molecule has 0 saturated heterocycles. The molecule has 0 aliphatic carbocycles. The Morgan fingerprint density at radius 2 is 1.69 bits per heavy atom. The van der Waals surface area contributed by atoms with Crippen LogP contribution in [0.4, 0.5) is 5.69 Å². The highest BCUT2D eigenvalue weighted by Gasteiger charge is 2.22. The maximum Gasteiger partial charge on any atom is 0.243 e. The highest BCUT2D eigenvalue weighted by molar-refractivity contribution is 6.01. The van der Waals surface area contributed by atoms with Gasteiger partial charge in [-0.15, -0.1) is 9.20 Å². The second kappa shape index (κ2) is 6.52. The van der Waals surface area contributed by atoms with Gasteiger partial charge in [0.15, 0.2) is 7.05 Å². The number of benzene rings is 3. The minimum absolute atomic E-state index is 0.871. The molecule has 0 saturated carbocycles. The normalized spacial score (nSPS) is 12.3. The van der Waals surface area contributed by atoms with Crippen LogP contribution in [0.1, 0.15) is 5.56 Å². The van der Waals surface area contributed by atoms with Gasteiger partial charge >= 0.3 is 0 Å². The van der Waals surface area contributed by atoms with Crippen LogP contribution < -0.4 is 19.5 Å². The van der Waals surface area contributed by atoms with E-state index < -0.39 is 0 Å². The molecule has 4 heteroatoms. The van der Waals surface area contributed by atoms with Crippen LogP contribution in [-0.2, 0) is 7.05 Å². The van der Waals surface area contributed by atoms with Gasteiger partial charge in [0, 0.05) is 30.4 Å². The van der Waals surface area contributed by atoms with E-state index in [1.807, 2.05) is 6.07 Å². The molecule has 0 radical (unpaired) electrons. The van der Waals surface area contributed by atoms with Crippen molar-refractivity contribution in [1.29, 1.82) is 0 Å². The number of ether oxygens (including phenoxy) is 1. The van der Waals surface area contributed by atoms with Crippen molar-refractivity contribution in [2.45, 2.75) is 0 Å². The largest absolute Gasteiger partial charge is 0.497 e. The predicted molar refractivity (Wildman–Crippen MR) is 120 cm³/mol. The van der Waals surface area contributed by atoms with Crippen LogP contribution in [0, 0.1) is 0 Å². The molecular formula is C25H24N3O+. The molecule has 0 unspecified atom stereocenters. The fourth-order valence-corrected chi connectivity index (χ4v) is 4.21. The van der Waals surface area contributed by atoms with Crippen molar-refractivity contribution in [3.05, 3.63) is 77.5 Å². The summed E-state index contributed by atoms with van der Waals surface area (Å²) in [6.07, 6.45) is 2.29. The third-order valence-corrected chi connectivity index (χ3v) is 5.72. The lowest BCUT2D eigenvalue weighted by Gasteiger charge is -2.11. The summed E-state index contributed by atoms with van der Waals surface area (Å²) in [6.45, 7) is 0. The van der Waals surface area contributed by atoms with Gasteiger partial charge in [0.25, 0.3) is 0 Å². The Kier molecular flexibility index (Phi) is 3.95. The smallest absolute Gasteiger partial charge is 0.243 e. The molecule has 5 aromatic rings. The van der Waals surface area contributed by atoms with Gasteiger partial charge in [-0.25, -0.2) is 0 Å². The third kappa shape index (κ3) is 2.64. The topological polar surface area (TPSA) is 20.8 Å². The number of aromatic nitrogens is 2. The molecule has 29 heavy (non-hydrogen) atoms. The summed E-state index contributed by atoms with van der Waals surface area (Å²) in [5, 5.41) is 3.72. The maximum atomic E-state index is 5.46. The van der Waals surface area contributed by atoms with Crippen LogP contribution in [-0.4, -0.2) is 25.7 Å². The van der Waals surface area contributed by atoms with Gasteiger partial charge in [-0.3, -0.25) is 0 Å². The number of para-hydroxylation sites is 1. The Balaban J connectivity index is 1.89. The lowest BCUT2D eigenvalue weighted by Crippen LogP contribution is -2.34. The zero-order chi connectivity index (χ0) is 20.1. The number of nitrogens with zero attached hydrogens (tertiary/aromatic N) is 3. The first-order valence-electron chi connectivity index (χ1n) is 9.76. The van der Waals surface area contributed by atoms with Crippen LogP contribution in [0.2, 0.25) is 0 Å². The number of fused-ring (bicyclic) bond motifs is 5. The fourth-order valence-electron chi connectivity index (χ4n) is 4.21. The Labute approximate surface area is 169 Å². The summed E-state index contributed by atoms with van der Waals surface area (Å²) >= 11 is 0. The van der Waals surface area contributed by atoms with Gasteiger partial charge in [-0.1, -0.05) is 30.3 Å². The molecule has 0 aliphatic rings. The maximum absolute atomic E-state index is 5.46. The van der Waals surface area contributed by atoms with E-state index in [0.717, 1.165) is 11.3 Å². The molecule has 144 valence electrons. The molecular weight excluding hydrogens is 358 g/mol. The van der Waals surface area contributed by atoms with Gasteiger partial charge in [-0.2, -0.15) is 0 Å². The first kappa shape index (κ1) is 17.6. The van der Waals surface area contributed by atoms with Crippen molar-refractivity contribution < 1.29 is 9.42 Å². The summed E-state index contributed by atoms with van der Waals surface area (Å²) in [5.41, 5.74) is 5.98. The third-order valence-electron chi connectivity index (χ3n) is 5.72. The second-order valence-electron chi connectivity index (χ2n) is 7.63. The first-order chi connectivity index (χ1) is 14.1. The summed E-state index contributed by atoms with van der Waals surface area (Å²) in [7, 11) is 7.95. The molecule has 3 aromatic carbocycles. The van der Waals surface area contributed by atoms with Crippen LogP contribution in [0.5, 0.6) is 5.75 Å². The van der Waals surface area contributed by atoms with Crippen LogP contribution in [0.3, 0.4) is 0 Å². The summed E-state index contributed by atoms with van der Waals surface area (Å²) in [6, 6.07) is 23.6. The molecule has 0 atom stereocenters. The van der Waals surface area contributed by atoms with E-state index in [0.29, 0.717) is 0 Å². The van der Waals surface area contributed by atoms with Crippen molar-refractivity contribution in [1.82, 2.24) is 4.52 Å². The standard InChI is InChI=1S/C25H24N3O/c1-26(2)18-11-9-17(10-12-18)15-22-20-7-5-6-8-23(20)28-25(22)21-14-13-19(29-4)16-24(21)27(28)3/h5-16H,1-4H3/q+1. The monoisotopic (exact) mass is 382 g/mol. The Hall–Kier alpha value is -3.53. The number of hydrogen-bond acceptors (Lipinski definition) is 2. The summed E-state index contributed by atoms with van der Waals surface area (Å²) in [4.78, 5) is 2.12. The fraction of sp³-hybridized carbons (Fsp3) is 0.160. The van der Waals surface area contributed by atoms with E-state index in [1.165, 1.54) is 38.3 Å². The molecule has 0 N–H and O–H groups in total. The number of hydrogen-bond donors (Lipinski definition) is 0. The minimum Gasteiger partial charge on any atom is -0.497 e. The highest BCUT2D eigenvalue weighted by atomic mass is 16.5. The zero-order valence-electron chi connectivity index (χ0n) is 17.2. The number of rotatable bonds is 3. The van der Waals surface area contributed by atoms with Crippen molar-refractivity contribution in [2.75, 3.05) is 26.1 Å². The molecule has 0 fully saturated rings. The second-order valence-corrected chi connectivity index (χ2v) is 7.63. The lowest BCUT2D eigenvalue weighted by molar-refractivity contribution is -0.711. The Morgan fingerprint density at radius 1 is 0.931 bits per heavy atom. The van der Waals surface area contributed by atoms with Crippen molar-refractivity contribution >= 4 is 39.1 Å². The highest BCUT2D eigenvalue weighted by Crippen LogP contribution is 2.25. The molecule has 5 rings (SSSR count). The van der Waals surface area contributed by atoms with E-state index in [9.17, 15) is 0 Å². The number of anilines is 1. The predicted octanol–water partition coefficient (Wildman–Crippen LogP) is 3.69. The molecule has 0 bridgehead atoms. The van der Waals surface area contributed by atoms with E-state index in [4.69, 9.17) is 4.74 Å². The minimum atomic E-state index is 0.871. The first-order valence-corrected chi connectivity index (χ1v) is 9.76. The van der Waals surface area contributed by atoms with Gasteiger partial charge in [-0.05, 0) is 42.0 Å². The Bertz CT molecular complexity index is 1410. The van der Waals surface area contributed by atoms with Gasteiger partial charge in [0.1, 0.15) is 16.8 Å². The van der Waals surface area contributed by atoms with Crippen LogP contribution >= 0.6 is 0 Å². The average molecular weight is 382 g/mol. The van der Waals surface area contributed by atoms with Crippen molar-refractivity contribution in [3.63, 3.8) is 0 Å². The van der Waals surface area contributed by atoms with E-state index >= 15 is 0 Å². The molecule has 0 amide bonds. The Morgan fingerprint density at radius 3 is 2.41 bits per heavy atom. The summed E-state index contributed by atoms with van der Waals surface area (Å²) in [5.74, 6) is 0.871. The van der Waals surface area contributed by atoms with E-state index in [2.05, 4.69) is 102 Å². The molecule has 0 aliphatic heterocycles. The average Bonchev–Trinajstić information content (AvgIpc) is 3.22. The number of methoxy groups -OCH3 is 1. The molecule has 2 aromatic heterocycles. The molecule has 2 heterocycles. The van der Waals surface area contributed by atoms with Gasteiger partial charge in [0.05, 0.1) is 18.6 Å². The zero-order valence-corrected chi connectivity index (χ0v) is 17.2. The number of aryl methyl sites for hydroxylation is 1. The van der Waals surface area contributed by atoms with E-state index in [-0.39, 0.29) is 0 Å². The van der Waals surface area contributed by atoms with Gasteiger partial charge in [0.2, 0.25) is 5.52 Å².